The number of aromatic nitrogens is 2. The fourth-order valence-corrected chi connectivity index (χ4v) is 2.39. The van der Waals surface area contributed by atoms with Crippen LogP contribution in [0.4, 0.5) is 11.5 Å². The Labute approximate surface area is 128 Å². The van der Waals surface area contributed by atoms with Crippen LogP contribution in [0.2, 0.25) is 0 Å². The number of nitrogens with two attached hydrogens (primary N) is 1. The number of hydrogen-bond donors (Lipinski definition) is 2. The molecule has 22 heavy (non-hydrogen) atoms. The molecule has 5 heteroatoms. The quantitative estimate of drug-likeness (QED) is 0.760. The summed E-state index contributed by atoms with van der Waals surface area (Å²) >= 11 is 0. The van der Waals surface area contributed by atoms with E-state index in [1.807, 2.05) is 37.4 Å². The molecule has 0 saturated carbocycles. The Balaban J connectivity index is 2.07. The van der Waals surface area contributed by atoms with Crippen LogP contribution in [0.15, 0.2) is 42.9 Å². The fourth-order valence-electron chi connectivity index (χ4n) is 2.39. The second kappa shape index (κ2) is 5.44. The molecule has 3 rings (SSSR count). The highest BCUT2D eigenvalue weighted by atomic mass is 16.1. The molecule has 2 aromatic heterocycles. The largest absolute Gasteiger partial charge is 0.397 e. The summed E-state index contributed by atoms with van der Waals surface area (Å²) in [4.78, 5) is 19.5. The van der Waals surface area contributed by atoms with Gasteiger partial charge in [0.1, 0.15) is 5.82 Å². The van der Waals surface area contributed by atoms with Gasteiger partial charge in [0.2, 0.25) is 5.91 Å². The van der Waals surface area contributed by atoms with E-state index in [9.17, 15) is 4.79 Å². The number of nitrogen functional groups attached to an aromatic ring is 1. The van der Waals surface area contributed by atoms with Crippen molar-refractivity contribution in [2.75, 3.05) is 11.1 Å². The molecule has 110 valence electrons. The normalized spacial score (nSPS) is 10.6. The number of pyridine rings is 2. The number of carbonyl (C=O) groups excluding carboxylic acids is 1. The van der Waals surface area contributed by atoms with Crippen molar-refractivity contribution in [2.24, 2.45) is 0 Å². The number of hydrogen-bond acceptors (Lipinski definition) is 4. The van der Waals surface area contributed by atoms with Gasteiger partial charge in [-0.2, -0.15) is 0 Å². The molecular weight excluding hydrogens is 276 g/mol. The number of fused-ring (bicyclic) bond motifs is 1. The number of benzene rings is 1. The molecule has 3 N–H and O–H groups in total. The summed E-state index contributed by atoms with van der Waals surface area (Å²) in [5, 5.41) is 4.69. The zero-order valence-electron chi connectivity index (χ0n) is 12.4. The highest BCUT2D eigenvalue weighted by Gasteiger charge is 2.07. The Morgan fingerprint density at radius 1 is 1.14 bits per heavy atom. The van der Waals surface area contributed by atoms with E-state index in [0.717, 1.165) is 27.5 Å². The van der Waals surface area contributed by atoms with Gasteiger partial charge in [0.15, 0.2) is 0 Å². The van der Waals surface area contributed by atoms with Crippen LogP contribution in [0.5, 0.6) is 0 Å². The number of nitrogens with zero attached hydrogens (tertiary/aromatic N) is 2. The first-order valence-electron chi connectivity index (χ1n) is 6.92. The van der Waals surface area contributed by atoms with E-state index in [4.69, 9.17) is 5.73 Å². The summed E-state index contributed by atoms with van der Waals surface area (Å²) in [5.41, 5.74) is 9.66. The van der Waals surface area contributed by atoms with Crippen LogP contribution in [0, 0.1) is 6.92 Å². The summed E-state index contributed by atoms with van der Waals surface area (Å²) in [6.45, 7) is 3.44. The highest BCUT2D eigenvalue weighted by molar-refractivity contribution is 5.93. The van der Waals surface area contributed by atoms with E-state index in [-0.39, 0.29) is 5.91 Å². The Morgan fingerprint density at radius 3 is 2.73 bits per heavy atom. The van der Waals surface area contributed by atoms with Crippen molar-refractivity contribution in [1.29, 1.82) is 0 Å². The van der Waals surface area contributed by atoms with Crippen LogP contribution in [0.3, 0.4) is 0 Å². The number of nitrogens with one attached hydrogen (secondary N) is 1. The van der Waals surface area contributed by atoms with Gasteiger partial charge in [-0.25, -0.2) is 4.98 Å². The van der Waals surface area contributed by atoms with E-state index >= 15 is 0 Å². The molecule has 0 spiro atoms. The molecule has 3 aromatic rings. The minimum Gasteiger partial charge on any atom is -0.397 e. The average molecular weight is 292 g/mol. The van der Waals surface area contributed by atoms with Crippen LogP contribution in [0.1, 0.15) is 12.5 Å². The molecule has 2 heterocycles. The van der Waals surface area contributed by atoms with Crippen molar-refractivity contribution in [1.82, 2.24) is 9.97 Å². The lowest BCUT2D eigenvalue weighted by Crippen LogP contribution is -2.06. The predicted molar refractivity (Wildman–Crippen MR) is 88.4 cm³/mol. The second-order valence-corrected chi connectivity index (χ2v) is 5.21. The van der Waals surface area contributed by atoms with Crippen molar-refractivity contribution in [3.63, 3.8) is 0 Å². The van der Waals surface area contributed by atoms with Gasteiger partial charge in [-0.15, -0.1) is 0 Å². The van der Waals surface area contributed by atoms with Gasteiger partial charge in [-0.1, -0.05) is 12.1 Å². The zero-order valence-corrected chi connectivity index (χ0v) is 12.4. The van der Waals surface area contributed by atoms with Gasteiger partial charge < -0.3 is 11.1 Å². The maximum atomic E-state index is 11.1. The maximum absolute atomic E-state index is 11.1. The summed E-state index contributed by atoms with van der Waals surface area (Å²) in [7, 11) is 0. The molecule has 0 aliphatic heterocycles. The molecule has 1 aromatic carbocycles. The van der Waals surface area contributed by atoms with Crippen molar-refractivity contribution in [2.45, 2.75) is 13.8 Å². The predicted octanol–water partition coefficient (Wildman–Crippen LogP) is 3.15. The van der Waals surface area contributed by atoms with Crippen LogP contribution in [0.25, 0.3) is 21.9 Å². The molecule has 0 saturated heterocycles. The van der Waals surface area contributed by atoms with E-state index < -0.39 is 0 Å². The smallest absolute Gasteiger partial charge is 0.222 e. The van der Waals surface area contributed by atoms with Gasteiger partial charge in [0, 0.05) is 30.3 Å². The first kappa shape index (κ1) is 14.0. The molecular formula is C17H16N4O. The molecule has 0 aliphatic carbocycles. The average Bonchev–Trinajstić information content (AvgIpc) is 2.49. The molecule has 1 amide bonds. The van der Waals surface area contributed by atoms with Crippen molar-refractivity contribution in [3.8, 4) is 11.1 Å². The fraction of sp³-hybridized carbons (Fsp3) is 0.118. The Hall–Kier alpha value is -2.95. The minimum atomic E-state index is -0.134. The first-order valence-corrected chi connectivity index (χ1v) is 6.92. The molecule has 0 bridgehead atoms. The molecule has 0 radical (unpaired) electrons. The lowest BCUT2D eigenvalue weighted by Gasteiger charge is -2.09. The number of amides is 1. The first-order chi connectivity index (χ1) is 10.5. The summed E-state index contributed by atoms with van der Waals surface area (Å²) in [6.07, 6.45) is 5.21. The number of carbonyl (C=O) groups is 1. The summed E-state index contributed by atoms with van der Waals surface area (Å²) in [5.74, 6) is 0.416. The van der Waals surface area contributed by atoms with Crippen LogP contribution in [-0.4, -0.2) is 15.9 Å². The maximum Gasteiger partial charge on any atom is 0.222 e. The minimum absolute atomic E-state index is 0.134. The Kier molecular flexibility index (Phi) is 3.47. The zero-order chi connectivity index (χ0) is 15.7. The lowest BCUT2D eigenvalue weighted by atomic mass is 9.99. The SMILES string of the molecule is CC(=O)Nc1cc2ccc(-c3cncc(N)c3C)cc2cn1. The number of rotatable bonds is 2. The van der Waals surface area contributed by atoms with Gasteiger partial charge in [-0.05, 0) is 35.6 Å². The third-order valence-corrected chi connectivity index (χ3v) is 3.59. The van der Waals surface area contributed by atoms with Gasteiger partial charge in [-0.3, -0.25) is 9.78 Å². The van der Waals surface area contributed by atoms with E-state index in [0.29, 0.717) is 11.5 Å². The van der Waals surface area contributed by atoms with Crippen molar-refractivity contribution < 1.29 is 4.79 Å². The number of anilines is 2. The topological polar surface area (TPSA) is 80.9 Å². The Morgan fingerprint density at radius 2 is 1.95 bits per heavy atom. The van der Waals surface area contributed by atoms with E-state index in [1.54, 1.807) is 12.4 Å². The molecule has 0 atom stereocenters. The molecule has 0 unspecified atom stereocenters. The molecule has 0 fully saturated rings. The van der Waals surface area contributed by atoms with Crippen LogP contribution < -0.4 is 11.1 Å². The van der Waals surface area contributed by atoms with Gasteiger partial charge in [0.05, 0.1) is 11.9 Å². The highest BCUT2D eigenvalue weighted by Crippen LogP contribution is 2.29. The van der Waals surface area contributed by atoms with Crippen molar-refractivity contribution >= 4 is 28.2 Å². The Bertz CT molecular complexity index is 874. The molecule has 0 aliphatic rings. The monoisotopic (exact) mass is 292 g/mol. The van der Waals surface area contributed by atoms with Gasteiger partial charge in [0.25, 0.3) is 0 Å². The third-order valence-electron chi connectivity index (χ3n) is 3.59. The summed E-state index contributed by atoms with van der Waals surface area (Å²) < 4.78 is 0. The molecule has 5 nitrogen and oxygen atoms in total. The second-order valence-electron chi connectivity index (χ2n) is 5.21. The van der Waals surface area contributed by atoms with Gasteiger partial charge >= 0.3 is 0 Å². The third kappa shape index (κ3) is 2.61. The van der Waals surface area contributed by atoms with Crippen LogP contribution >= 0.6 is 0 Å². The summed E-state index contributed by atoms with van der Waals surface area (Å²) in [6, 6.07) is 7.91. The standard InChI is InChI=1S/C17H16N4O/c1-10-15(8-19-9-16(10)18)13-4-3-12-6-17(21-11(2)22)20-7-14(12)5-13/h3-9H,18H2,1-2H3,(H,20,21,22). The van der Waals surface area contributed by atoms with E-state index in [1.165, 1.54) is 6.92 Å². The van der Waals surface area contributed by atoms with Crippen molar-refractivity contribution in [3.05, 3.63) is 48.4 Å². The van der Waals surface area contributed by atoms with Crippen LogP contribution in [-0.2, 0) is 4.79 Å². The lowest BCUT2D eigenvalue weighted by molar-refractivity contribution is -0.114. The van der Waals surface area contributed by atoms with E-state index in [2.05, 4.69) is 15.3 Å².